The number of nitrogens with one attached hydrogen (secondary N) is 3. The summed E-state index contributed by atoms with van der Waals surface area (Å²) in [6, 6.07) is 5.52. The first-order valence-corrected chi connectivity index (χ1v) is 8.10. The first-order chi connectivity index (χ1) is 11.7. The summed E-state index contributed by atoms with van der Waals surface area (Å²) < 4.78 is 11.2. The molecule has 1 saturated heterocycles. The van der Waals surface area contributed by atoms with Gasteiger partial charge in [-0.05, 0) is 25.1 Å². The summed E-state index contributed by atoms with van der Waals surface area (Å²) in [4.78, 5) is 14.3. The number of morpholine rings is 1. The van der Waals surface area contributed by atoms with Gasteiger partial charge in [-0.2, -0.15) is 5.10 Å². The molecule has 0 radical (unpaired) electrons. The molecule has 24 heavy (non-hydrogen) atoms. The van der Waals surface area contributed by atoms with Crippen molar-refractivity contribution in [2.45, 2.75) is 19.5 Å². The van der Waals surface area contributed by atoms with Crippen LogP contribution in [0.2, 0.25) is 0 Å². The molecule has 0 aliphatic carbocycles. The Balaban J connectivity index is 1.55. The Bertz CT molecular complexity index is 634. The highest BCUT2D eigenvalue weighted by Crippen LogP contribution is 2.23. The molecule has 3 N–H and O–H groups in total. The molecule has 0 bridgehead atoms. The smallest absolute Gasteiger partial charge is 0.315 e. The summed E-state index contributed by atoms with van der Waals surface area (Å²) in [5.74, 6) is 1.73. The zero-order valence-electron chi connectivity index (χ0n) is 13.7. The van der Waals surface area contributed by atoms with Crippen molar-refractivity contribution in [1.29, 1.82) is 0 Å². The summed E-state index contributed by atoms with van der Waals surface area (Å²) in [6.45, 7) is 5.84. The fraction of sp³-hybridized carbons (Fsp3) is 0.500. The van der Waals surface area contributed by atoms with Crippen LogP contribution in [0.15, 0.2) is 28.8 Å². The maximum absolute atomic E-state index is 12.0. The molecule has 1 atom stereocenters. The maximum Gasteiger partial charge on any atom is 0.315 e. The summed E-state index contributed by atoms with van der Waals surface area (Å²) in [5.41, 5.74) is 0.858. The molecule has 2 aromatic heterocycles. The molecule has 1 aliphatic rings. The van der Waals surface area contributed by atoms with E-state index in [1.807, 2.05) is 25.1 Å². The van der Waals surface area contributed by atoms with Crippen molar-refractivity contribution in [3.63, 3.8) is 0 Å². The fourth-order valence-electron chi connectivity index (χ4n) is 2.74. The maximum atomic E-state index is 12.0. The predicted octanol–water partition coefficient (Wildman–Crippen LogP) is 1.18. The summed E-state index contributed by atoms with van der Waals surface area (Å²) >= 11 is 0. The van der Waals surface area contributed by atoms with Gasteiger partial charge >= 0.3 is 6.03 Å². The molecular formula is C16H23N5O3. The van der Waals surface area contributed by atoms with Gasteiger partial charge < -0.3 is 19.8 Å². The monoisotopic (exact) mass is 333 g/mol. The van der Waals surface area contributed by atoms with Crippen LogP contribution in [0.5, 0.6) is 0 Å². The van der Waals surface area contributed by atoms with Gasteiger partial charge in [0, 0.05) is 25.8 Å². The molecule has 1 unspecified atom stereocenters. The van der Waals surface area contributed by atoms with E-state index in [1.54, 1.807) is 6.20 Å². The van der Waals surface area contributed by atoms with Crippen LogP contribution in [-0.2, 0) is 11.3 Å². The number of carbonyl (C=O) groups excluding carboxylic acids is 1. The molecule has 8 heteroatoms. The van der Waals surface area contributed by atoms with Crippen LogP contribution in [0.3, 0.4) is 0 Å². The van der Waals surface area contributed by atoms with Crippen molar-refractivity contribution in [1.82, 2.24) is 25.7 Å². The van der Waals surface area contributed by atoms with Gasteiger partial charge in [0.1, 0.15) is 11.5 Å². The van der Waals surface area contributed by atoms with Crippen LogP contribution in [-0.4, -0.2) is 54.0 Å². The van der Waals surface area contributed by atoms with E-state index in [9.17, 15) is 4.79 Å². The minimum atomic E-state index is -0.217. The fourth-order valence-corrected chi connectivity index (χ4v) is 2.74. The lowest BCUT2D eigenvalue weighted by molar-refractivity contribution is 0.0121. The van der Waals surface area contributed by atoms with Crippen molar-refractivity contribution in [3.05, 3.63) is 41.6 Å². The zero-order valence-corrected chi connectivity index (χ0v) is 13.7. The number of hydrogen-bond donors (Lipinski definition) is 3. The Morgan fingerprint density at radius 1 is 1.33 bits per heavy atom. The molecule has 3 rings (SSSR count). The predicted molar refractivity (Wildman–Crippen MR) is 87.4 cm³/mol. The van der Waals surface area contributed by atoms with E-state index < -0.39 is 0 Å². The third-order valence-electron chi connectivity index (χ3n) is 4.03. The van der Waals surface area contributed by atoms with Crippen LogP contribution in [0.25, 0.3) is 0 Å². The number of hydrogen-bond acceptors (Lipinski definition) is 5. The van der Waals surface area contributed by atoms with Gasteiger partial charge in [-0.3, -0.25) is 10.00 Å². The minimum Gasteiger partial charge on any atom is -0.465 e. The van der Waals surface area contributed by atoms with Crippen molar-refractivity contribution in [2.75, 3.05) is 32.8 Å². The summed E-state index contributed by atoms with van der Waals surface area (Å²) in [6.07, 6.45) is 1.66. The molecule has 1 aliphatic heterocycles. The number of aromatic amines is 1. The largest absolute Gasteiger partial charge is 0.465 e. The number of amides is 2. The molecule has 2 amide bonds. The van der Waals surface area contributed by atoms with E-state index in [2.05, 4.69) is 25.7 Å². The van der Waals surface area contributed by atoms with Crippen molar-refractivity contribution in [3.8, 4) is 0 Å². The quantitative estimate of drug-likeness (QED) is 0.738. The minimum absolute atomic E-state index is 0.000467. The molecular weight excluding hydrogens is 310 g/mol. The van der Waals surface area contributed by atoms with Gasteiger partial charge in [-0.25, -0.2) is 4.79 Å². The average molecular weight is 333 g/mol. The Morgan fingerprint density at radius 3 is 2.83 bits per heavy atom. The molecule has 8 nitrogen and oxygen atoms in total. The lowest BCUT2D eigenvalue weighted by Gasteiger charge is -2.33. The van der Waals surface area contributed by atoms with Gasteiger partial charge in [0.15, 0.2) is 0 Å². The van der Waals surface area contributed by atoms with Crippen molar-refractivity contribution >= 4 is 6.03 Å². The summed E-state index contributed by atoms with van der Waals surface area (Å²) in [5, 5.41) is 12.4. The van der Waals surface area contributed by atoms with Gasteiger partial charge in [-0.15, -0.1) is 0 Å². The topological polar surface area (TPSA) is 95.4 Å². The van der Waals surface area contributed by atoms with Crippen LogP contribution in [0.4, 0.5) is 4.79 Å². The second kappa shape index (κ2) is 7.98. The Labute approximate surface area is 140 Å². The molecule has 0 saturated carbocycles. The van der Waals surface area contributed by atoms with Crippen LogP contribution in [0, 0.1) is 6.92 Å². The first kappa shape index (κ1) is 16.5. The number of H-pyrrole nitrogens is 1. The van der Waals surface area contributed by atoms with Gasteiger partial charge in [0.2, 0.25) is 0 Å². The van der Waals surface area contributed by atoms with Gasteiger partial charge in [0.05, 0.1) is 31.5 Å². The molecule has 0 aromatic carbocycles. The number of nitrogens with zero attached hydrogens (tertiary/aromatic N) is 2. The lowest BCUT2D eigenvalue weighted by Crippen LogP contribution is -2.45. The van der Waals surface area contributed by atoms with Crippen LogP contribution < -0.4 is 10.6 Å². The van der Waals surface area contributed by atoms with Gasteiger partial charge in [-0.1, -0.05) is 0 Å². The number of urea groups is 1. The van der Waals surface area contributed by atoms with E-state index in [0.717, 1.165) is 30.3 Å². The Kier molecular flexibility index (Phi) is 5.50. The number of rotatable bonds is 6. The third kappa shape index (κ3) is 4.36. The van der Waals surface area contributed by atoms with Gasteiger partial charge in [0.25, 0.3) is 0 Å². The number of aryl methyl sites for hydroxylation is 1. The highest BCUT2D eigenvalue weighted by Gasteiger charge is 2.25. The molecule has 0 spiro atoms. The third-order valence-corrected chi connectivity index (χ3v) is 4.03. The van der Waals surface area contributed by atoms with Crippen LogP contribution in [0.1, 0.15) is 23.3 Å². The van der Waals surface area contributed by atoms with E-state index in [-0.39, 0.29) is 12.1 Å². The standard InChI is InChI=1S/C16H23N5O3/c1-12-2-3-15(24-12)14(21-6-8-23-9-7-21)11-18-16(22)17-10-13-4-5-19-20-13/h2-5,14H,6-11H2,1H3,(H,19,20)(H2,17,18,22). The van der Waals surface area contributed by atoms with Crippen molar-refractivity contribution < 1.29 is 13.9 Å². The number of ether oxygens (including phenoxy) is 1. The van der Waals surface area contributed by atoms with Crippen molar-refractivity contribution in [2.24, 2.45) is 0 Å². The Hall–Kier alpha value is -2.32. The normalized spacial score (nSPS) is 16.7. The average Bonchev–Trinajstić information content (AvgIpc) is 3.26. The second-order valence-corrected chi connectivity index (χ2v) is 5.76. The van der Waals surface area contributed by atoms with E-state index in [1.165, 1.54) is 0 Å². The lowest BCUT2D eigenvalue weighted by atomic mass is 10.1. The molecule has 3 heterocycles. The summed E-state index contributed by atoms with van der Waals surface area (Å²) in [7, 11) is 0. The van der Waals surface area contributed by atoms with Crippen LogP contribution >= 0.6 is 0 Å². The first-order valence-electron chi connectivity index (χ1n) is 8.10. The molecule has 2 aromatic rings. The van der Waals surface area contributed by atoms with E-state index in [0.29, 0.717) is 26.3 Å². The zero-order chi connectivity index (χ0) is 16.8. The SMILES string of the molecule is Cc1ccc(C(CNC(=O)NCc2ccn[nH]2)N2CCOCC2)o1. The number of aromatic nitrogens is 2. The highest BCUT2D eigenvalue weighted by molar-refractivity contribution is 5.73. The van der Waals surface area contributed by atoms with E-state index >= 15 is 0 Å². The molecule has 1 fully saturated rings. The second-order valence-electron chi connectivity index (χ2n) is 5.76. The highest BCUT2D eigenvalue weighted by atomic mass is 16.5. The molecule has 130 valence electrons. The van der Waals surface area contributed by atoms with E-state index in [4.69, 9.17) is 9.15 Å². The Morgan fingerprint density at radius 2 is 2.17 bits per heavy atom. The number of carbonyl (C=O) groups is 1. The number of furan rings is 1.